The Morgan fingerprint density at radius 2 is 2.19 bits per heavy atom. The lowest BCUT2D eigenvalue weighted by molar-refractivity contribution is -0.125. The van der Waals surface area contributed by atoms with Gasteiger partial charge in [-0.1, -0.05) is 18.9 Å². The maximum absolute atomic E-state index is 14.0. The zero-order chi connectivity index (χ0) is 18.6. The molecule has 2 N–H and O–H groups in total. The fourth-order valence-corrected chi connectivity index (χ4v) is 4.39. The molecule has 2 aliphatic carbocycles. The van der Waals surface area contributed by atoms with E-state index in [1.165, 1.54) is 31.7 Å². The summed E-state index contributed by atoms with van der Waals surface area (Å²) in [5.74, 6) is 0.305. The van der Waals surface area contributed by atoms with E-state index < -0.39 is 0 Å². The van der Waals surface area contributed by atoms with Crippen molar-refractivity contribution in [2.24, 2.45) is 10.4 Å². The van der Waals surface area contributed by atoms with Crippen molar-refractivity contribution < 1.29 is 9.13 Å². The van der Waals surface area contributed by atoms with Gasteiger partial charge in [0, 0.05) is 37.2 Å². The van der Waals surface area contributed by atoms with Gasteiger partial charge >= 0.3 is 0 Å². The molecule has 1 spiro atoms. The number of benzene rings is 1. The van der Waals surface area contributed by atoms with E-state index in [9.17, 15) is 4.39 Å². The quantitative estimate of drug-likeness (QED) is 0.627. The van der Waals surface area contributed by atoms with Crippen LogP contribution in [0, 0.1) is 22.6 Å². The molecule has 0 bridgehead atoms. The minimum absolute atomic E-state index is 0.216. The number of rotatable bonds is 5. The average molecular weight is 358 g/mol. The number of ether oxygens (including phenoxy) is 1. The van der Waals surface area contributed by atoms with Crippen molar-refractivity contribution in [2.75, 3.05) is 13.7 Å². The molecule has 140 valence electrons. The van der Waals surface area contributed by atoms with Gasteiger partial charge in [0.05, 0.1) is 17.7 Å². The summed E-state index contributed by atoms with van der Waals surface area (Å²) in [6.45, 7) is 3.13. The second-order valence-corrected chi connectivity index (χ2v) is 7.16. The van der Waals surface area contributed by atoms with E-state index in [0.29, 0.717) is 35.8 Å². The van der Waals surface area contributed by atoms with Crippen LogP contribution < -0.4 is 10.6 Å². The third-order valence-corrected chi connectivity index (χ3v) is 5.85. The number of nitriles is 1. The Morgan fingerprint density at radius 1 is 1.42 bits per heavy atom. The van der Waals surface area contributed by atoms with Crippen molar-refractivity contribution in [2.45, 2.75) is 57.7 Å². The Bertz CT molecular complexity index is 706. The van der Waals surface area contributed by atoms with E-state index in [4.69, 9.17) is 10.00 Å². The van der Waals surface area contributed by atoms with Crippen molar-refractivity contribution in [3.8, 4) is 6.07 Å². The van der Waals surface area contributed by atoms with Gasteiger partial charge in [-0.3, -0.25) is 4.99 Å². The Kier molecular flexibility index (Phi) is 5.77. The van der Waals surface area contributed by atoms with Crippen LogP contribution in [-0.2, 0) is 11.3 Å². The third-order valence-electron chi connectivity index (χ3n) is 5.85. The standard InChI is InChI=1S/C20H27FN4O/c1-3-26-18-11-17(20(18)8-4-5-9-20)25-19(23-2)24-13-15-7-6-14(12-22)10-16(15)21/h6-7,10,17-18H,3-5,8-9,11,13H2,1-2H3,(H2,23,24,25). The van der Waals surface area contributed by atoms with Crippen molar-refractivity contribution in [1.82, 2.24) is 10.6 Å². The van der Waals surface area contributed by atoms with E-state index in [0.717, 1.165) is 13.0 Å². The molecule has 0 heterocycles. The van der Waals surface area contributed by atoms with Gasteiger partial charge in [0.2, 0.25) is 0 Å². The van der Waals surface area contributed by atoms with Crippen LogP contribution in [0.5, 0.6) is 0 Å². The molecule has 5 nitrogen and oxygen atoms in total. The molecule has 2 aliphatic rings. The van der Waals surface area contributed by atoms with Crippen molar-refractivity contribution in [3.63, 3.8) is 0 Å². The van der Waals surface area contributed by atoms with E-state index in [-0.39, 0.29) is 11.2 Å². The summed E-state index contributed by atoms with van der Waals surface area (Å²) < 4.78 is 20.0. The lowest BCUT2D eigenvalue weighted by atomic mass is 9.60. The fourth-order valence-electron chi connectivity index (χ4n) is 4.39. The van der Waals surface area contributed by atoms with Gasteiger partial charge in [0.15, 0.2) is 5.96 Å². The molecule has 0 radical (unpaired) electrons. The number of guanidine groups is 1. The summed E-state index contributed by atoms with van der Waals surface area (Å²) in [6.07, 6.45) is 6.21. The van der Waals surface area contributed by atoms with E-state index >= 15 is 0 Å². The number of aliphatic imine (C=N–C) groups is 1. The molecule has 6 heteroatoms. The zero-order valence-electron chi connectivity index (χ0n) is 15.5. The summed E-state index contributed by atoms with van der Waals surface area (Å²) in [7, 11) is 1.73. The normalized spacial score (nSPS) is 24.2. The zero-order valence-corrected chi connectivity index (χ0v) is 15.5. The van der Waals surface area contributed by atoms with Gasteiger partial charge in [0.25, 0.3) is 0 Å². The van der Waals surface area contributed by atoms with Gasteiger partial charge in [-0.05, 0) is 38.3 Å². The number of halogens is 1. The number of hydrogen-bond donors (Lipinski definition) is 2. The Hall–Kier alpha value is -2.13. The number of nitrogens with one attached hydrogen (secondary N) is 2. The highest BCUT2D eigenvalue weighted by molar-refractivity contribution is 5.80. The number of hydrogen-bond acceptors (Lipinski definition) is 3. The van der Waals surface area contributed by atoms with Crippen LogP contribution in [0.1, 0.15) is 50.2 Å². The molecule has 2 unspecified atom stereocenters. The molecular weight excluding hydrogens is 331 g/mol. The predicted molar refractivity (Wildman–Crippen MR) is 99.2 cm³/mol. The minimum Gasteiger partial charge on any atom is -0.378 e. The van der Waals surface area contributed by atoms with Crippen LogP contribution in [0.15, 0.2) is 23.2 Å². The van der Waals surface area contributed by atoms with Gasteiger partial charge in [-0.15, -0.1) is 0 Å². The first-order valence-electron chi connectivity index (χ1n) is 9.40. The highest BCUT2D eigenvalue weighted by Gasteiger charge is 2.56. The smallest absolute Gasteiger partial charge is 0.191 e. The van der Waals surface area contributed by atoms with Gasteiger partial charge in [0.1, 0.15) is 5.82 Å². The maximum Gasteiger partial charge on any atom is 0.191 e. The molecule has 3 rings (SSSR count). The molecule has 0 amide bonds. The second kappa shape index (κ2) is 8.05. The number of nitrogens with zero attached hydrogens (tertiary/aromatic N) is 2. The first-order chi connectivity index (χ1) is 12.6. The SMILES string of the molecule is CCOC1CC(NC(=NC)NCc2ccc(C#N)cc2F)C12CCCC2. The largest absolute Gasteiger partial charge is 0.378 e. The molecule has 2 saturated carbocycles. The molecule has 26 heavy (non-hydrogen) atoms. The molecular formula is C20H27FN4O. The summed E-state index contributed by atoms with van der Waals surface area (Å²) in [5, 5.41) is 15.5. The lowest BCUT2D eigenvalue weighted by Gasteiger charge is -2.54. The fraction of sp³-hybridized carbons (Fsp3) is 0.600. The molecule has 0 aromatic heterocycles. The summed E-state index contributed by atoms with van der Waals surface area (Å²) >= 11 is 0. The highest BCUT2D eigenvalue weighted by Crippen LogP contribution is 2.54. The molecule has 2 fully saturated rings. The average Bonchev–Trinajstić information content (AvgIpc) is 3.17. The third kappa shape index (κ3) is 3.54. The first-order valence-corrected chi connectivity index (χ1v) is 9.40. The van der Waals surface area contributed by atoms with Gasteiger partial charge in [-0.25, -0.2) is 4.39 Å². The molecule has 0 saturated heterocycles. The Labute approximate surface area is 154 Å². The summed E-state index contributed by atoms with van der Waals surface area (Å²) in [6, 6.07) is 6.82. The van der Waals surface area contributed by atoms with Crippen LogP contribution in [0.3, 0.4) is 0 Å². The molecule has 1 aromatic rings. The second-order valence-electron chi connectivity index (χ2n) is 7.16. The highest BCUT2D eigenvalue weighted by atomic mass is 19.1. The topological polar surface area (TPSA) is 69.4 Å². The maximum atomic E-state index is 14.0. The van der Waals surface area contributed by atoms with Gasteiger partial charge < -0.3 is 15.4 Å². The van der Waals surface area contributed by atoms with E-state index in [1.807, 2.05) is 6.07 Å². The van der Waals surface area contributed by atoms with Crippen molar-refractivity contribution >= 4 is 5.96 Å². The molecule has 2 atom stereocenters. The predicted octanol–water partition coefficient (Wildman–Crippen LogP) is 3.10. The lowest BCUT2D eigenvalue weighted by Crippen LogP contribution is -2.65. The first kappa shape index (κ1) is 18.7. The van der Waals surface area contributed by atoms with Crippen molar-refractivity contribution in [3.05, 3.63) is 35.1 Å². The van der Waals surface area contributed by atoms with Gasteiger partial charge in [-0.2, -0.15) is 5.26 Å². The minimum atomic E-state index is -0.376. The Balaban J connectivity index is 1.60. The molecule has 0 aliphatic heterocycles. The monoisotopic (exact) mass is 358 g/mol. The van der Waals surface area contributed by atoms with Crippen LogP contribution in [0.2, 0.25) is 0 Å². The van der Waals surface area contributed by atoms with Crippen LogP contribution in [-0.4, -0.2) is 31.8 Å². The summed E-state index contributed by atoms with van der Waals surface area (Å²) in [4.78, 5) is 4.29. The van der Waals surface area contributed by atoms with Crippen molar-refractivity contribution in [1.29, 1.82) is 5.26 Å². The Morgan fingerprint density at radius 3 is 2.81 bits per heavy atom. The van der Waals surface area contributed by atoms with Crippen LogP contribution in [0.4, 0.5) is 4.39 Å². The van der Waals surface area contributed by atoms with Crippen LogP contribution >= 0.6 is 0 Å². The molecule has 1 aromatic carbocycles. The summed E-state index contributed by atoms with van der Waals surface area (Å²) in [5.41, 5.74) is 1.06. The van der Waals surface area contributed by atoms with E-state index in [1.54, 1.807) is 19.2 Å². The van der Waals surface area contributed by atoms with Crippen LogP contribution in [0.25, 0.3) is 0 Å². The van der Waals surface area contributed by atoms with E-state index in [2.05, 4.69) is 22.5 Å².